The third-order valence-electron chi connectivity index (χ3n) is 4.75. The van der Waals surface area contributed by atoms with Crippen molar-refractivity contribution in [1.29, 1.82) is 0 Å². The molecule has 0 aliphatic heterocycles. The zero-order valence-electron chi connectivity index (χ0n) is 14.8. The first-order valence-electron chi connectivity index (χ1n) is 8.70. The van der Waals surface area contributed by atoms with Crippen LogP contribution in [-0.4, -0.2) is 10.5 Å². The molecule has 2 aromatic carbocycles. The summed E-state index contributed by atoms with van der Waals surface area (Å²) in [5.74, 6) is -1.37. The van der Waals surface area contributed by atoms with E-state index in [0.717, 1.165) is 15.9 Å². The van der Waals surface area contributed by atoms with Crippen LogP contribution in [0.25, 0.3) is 22.5 Å². The maximum absolute atomic E-state index is 12.8. The van der Waals surface area contributed by atoms with Crippen molar-refractivity contribution in [2.24, 2.45) is 5.92 Å². The van der Waals surface area contributed by atoms with Crippen molar-refractivity contribution in [2.75, 3.05) is 0 Å². The van der Waals surface area contributed by atoms with Gasteiger partial charge in [0.25, 0.3) is 0 Å². The molecule has 0 bridgehead atoms. The van der Waals surface area contributed by atoms with Gasteiger partial charge in [0.05, 0.1) is 5.97 Å². The molecule has 5 heteroatoms. The van der Waals surface area contributed by atoms with Gasteiger partial charge in [-0.1, -0.05) is 74.5 Å². The number of nitrogens with zero attached hydrogens (tertiary/aromatic N) is 2. The fourth-order valence-corrected chi connectivity index (χ4v) is 3.25. The number of hydrogen-bond acceptors (Lipinski definition) is 3. The van der Waals surface area contributed by atoms with Gasteiger partial charge in [-0.25, -0.2) is 9.30 Å². The number of aromatic nitrogens is 2. The molecule has 0 saturated carbocycles. The number of hydrogen-bond donors (Lipinski definition) is 0. The molecule has 1 heterocycles. The van der Waals surface area contributed by atoms with Crippen LogP contribution in [-0.2, 0) is 4.79 Å². The van der Waals surface area contributed by atoms with Crippen LogP contribution in [0.2, 0.25) is 0 Å². The second kappa shape index (κ2) is 7.44. The Labute approximate surface area is 152 Å². The Morgan fingerprint density at radius 2 is 1.58 bits per heavy atom. The van der Waals surface area contributed by atoms with E-state index in [1.165, 1.54) is 6.33 Å². The first kappa shape index (κ1) is 17.7. The molecule has 0 unspecified atom stereocenters. The minimum atomic E-state index is -1.19. The Hall–Kier alpha value is -3.08. The first-order chi connectivity index (χ1) is 12.5. The summed E-state index contributed by atoms with van der Waals surface area (Å²) in [6.07, 6.45) is 1.97. The van der Waals surface area contributed by atoms with Crippen molar-refractivity contribution in [3.63, 3.8) is 0 Å². The smallest absolute Gasteiger partial charge is 0.248 e. The third-order valence-corrected chi connectivity index (χ3v) is 4.75. The van der Waals surface area contributed by atoms with E-state index in [0.29, 0.717) is 17.8 Å². The van der Waals surface area contributed by atoms with Gasteiger partial charge in [-0.15, -0.1) is 0 Å². The number of carbonyl (C=O) groups is 1. The van der Waals surface area contributed by atoms with Crippen molar-refractivity contribution in [1.82, 2.24) is 4.57 Å². The van der Waals surface area contributed by atoms with Crippen molar-refractivity contribution in [3.05, 3.63) is 72.2 Å². The molecule has 26 heavy (non-hydrogen) atoms. The van der Waals surface area contributed by atoms with Gasteiger partial charge in [0.15, 0.2) is 11.4 Å². The zero-order valence-corrected chi connectivity index (χ0v) is 14.8. The van der Waals surface area contributed by atoms with Crippen molar-refractivity contribution < 1.29 is 14.6 Å². The van der Waals surface area contributed by atoms with Gasteiger partial charge in [0, 0.05) is 17.0 Å². The second-order valence-electron chi connectivity index (χ2n) is 6.43. The Kier molecular flexibility index (Phi) is 5.07. The fraction of sp³-hybridized carbons (Fsp3) is 0.238. The number of carboxylic acid groups (broad SMARTS) is 1. The largest absolute Gasteiger partial charge is 0.710 e. The van der Waals surface area contributed by atoms with E-state index in [1.807, 2.05) is 74.5 Å². The predicted molar refractivity (Wildman–Crippen MR) is 97.8 cm³/mol. The lowest BCUT2D eigenvalue weighted by atomic mass is 9.97. The highest BCUT2D eigenvalue weighted by Crippen LogP contribution is 2.34. The molecule has 2 atom stereocenters. The van der Waals surface area contributed by atoms with E-state index in [4.69, 9.17) is 0 Å². The summed E-state index contributed by atoms with van der Waals surface area (Å²) in [5.41, 5.74) is 2.55. The molecule has 0 amide bonds. The van der Waals surface area contributed by atoms with Crippen LogP contribution in [0.5, 0.6) is 0 Å². The molecule has 0 saturated heterocycles. The fourth-order valence-electron chi connectivity index (χ4n) is 3.25. The number of carboxylic acids is 1. The highest BCUT2D eigenvalue weighted by Gasteiger charge is 2.32. The quantitative estimate of drug-likeness (QED) is 0.507. The van der Waals surface area contributed by atoms with E-state index < -0.39 is 12.0 Å². The van der Waals surface area contributed by atoms with Crippen LogP contribution < -0.4 is 9.84 Å². The maximum atomic E-state index is 12.8. The highest BCUT2D eigenvalue weighted by atomic mass is 16.5. The lowest BCUT2D eigenvalue weighted by Gasteiger charge is -2.22. The van der Waals surface area contributed by atoms with Gasteiger partial charge in [-0.2, -0.15) is 0 Å². The molecule has 0 spiro atoms. The van der Waals surface area contributed by atoms with Gasteiger partial charge in [-0.3, -0.25) is 0 Å². The molecule has 134 valence electrons. The maximum Gasteiger partial charge on any atom is 0.248 e. The summed E-state index contributed by atoms with van der Waals surface area (Å²) >= 11 is 0. The molecule has 3 aromatic rings. The van der Waals surface area contributed by atoms with Crippen LogP contribution in [0, 0.1) is 11.1 Å². The summed E-state index contributed by atoms with van der Waals surface area (Å²) in [4.78, 5) is 11.9. The molecular weight excluding hydrogens is 328 g/mol. The second-order valence-corrected chi connectivity index (χ2v) is 6.43. The Balaban J connectivity index is 2.31. The monoisotopic (exact) mass is 349 g/mol. The number of carbonyl (C=O) groups excluding carboxylic acids is 1. The van der Waals surface area contributed by atoms with Crippen LogP contribution in [0.4, 0.5) is 0 Å². The normalized spacial score (nSPS) is 13.3. The summed E-state index contributed by atoms with van der Waals surface area (Å²) in [6, 6.07) is 17.7. The summed E-state index contributed by atoms with van der Waals surface area (Å²) in [5, 5.41) is 24.7. The van der Waals surface area contributed by atoms with Gasteiger partial charge in [-0.05, 0) is 6.42 Å². The van der Waals surface area contributed by atoms with Gasteiger partial charge in [0.1, 0.15) is 6.04 Å². The minimum Gasteiger partial charge on any atom is -0.710 e. The minimum absolute atomic E-state index is 0.182. The van der Waals surface area contributed by atoms with E-state index in [2.05, 4.69) is 0 Å². The predicted octanol–water partition coefficient (Wildman–Crippen LogP) is 2.79. The SMILES string of the molecule is CC[C@H](C)[C@@H](C(=O)[O-])n1c[n+]([O-])c(-c2ccccc2)c1-c1ccccc1. The molecule has 3 rings (SSSR count). The average molecular weight is 349 g/mol. The Bertz CT molecular complexity index is 888. The number of rotatable bonds is 6. The molecule has 0 radical (unpaired) electrons. The molecule has 0 N–H and O–H groups in total. The number of benzene rings is 2. The molecule has 0 aliphatic rings. The van der Waals surface area contributed by atoms with Gasteiger partial charge >= 0.3 is 0 Å². The Morgan fingerprint density at radius 3 is 2.08 bits per heavy atom. The third kappa shape index (κ3) is 3.20. The van der Waals surface area contributed by atoms with Gasteiger partial charge in [0.2, 0.25) is 6.33 Å². The van der Waals surface area contributed by atoms with Crippen LogP contribution in [0.3, 0.4) is 0 Å². The lowest BCUT2D eigenvalue weighted by Crippen LogP contribution is -2.37. The highest BCUT2D eigenvalue weighted by molar-refractivity contribution is 5.79. The molecule has 5 nitrogen and oxygen atoms in total. The summed E-state index contributed by atoms with van der Waals surface area (Å²) in [7, 11) is 0. The summed E-state index contributed by atoms with van der Waals surface area (Å²) in [6.45, 7) is 3.78. The van der Waals surface area contributed by atoms with E-state index in [1.54, 1.807) is 4.57 Å². The van der Waals surface area contributed by atoms with Crippen LogP contribution in [0.1, 0.15) is 26.3 Å². The Morgan fingerprint density at radius 1 is 1.04 bits per heavy atom. The van der Waals surface area contributed by atoms with Crippen molar-refractivity contribution in [2.45, 2.75) is 26.3 Å². The van der Waals surface area contributed by atoms with Gasteiger partial charge < -0.3 is 15.1 Å². The molecule has 1 aromatic heterocycles. The van der Waals surface area contributed by atoms with E-state index in [-0.39, 0.29) is 5.92 Å². The van der Waals surface area contributed by atoms with E-state index in [9.17, 15) is 15.1 Å². The van der Waals surface area contributed by atoms with Crippen molar-refractivity contribution in [3.8, 4) is 22.5 Å². The van der Waals surface area contributed by atoms with Crippen LogP contribution in [0.15, 0.2) is 67.0 Å². The molecule has 0 fully saturated rings. The molecular formula is C21H21N2O3-. The molecule has 0 aliphatic carbocycles. The van der Waals surface area contributed by atoms with Crippen molar-refractivity contribution >= 4 is 5.97 Å². The summed E-state index contributed by atoms with van der Waals surface area (Å²) < 4.78 is 2.30. The first-order valence-corrected chi connectivity index (χ1v) is 8.70. The average Bonchev–Trinajstić information content (AvgIpc) is 2.99. The number of imidazole rings is 1. The van der Waals surface area contributed by atoms with Crippen LogP contribution >= 0.6 is 0 Å². The lowest BCUT2D eigenvalue weighted by molar-refractivity contribution is -0.593. The number of aliphatic carboxylic acids is 1. The topological polar surface area (TPSA) is 72.0 Å². The standard InChI is InChI=1S/C21H22N2O3/c1-3-15(2)18(21(24)25)22-14-23(26)20(17-12-8-5-9-13-17)19(22)16-10-6-4-7-11-16/h4-15,18H,3H2,1-2H3,(H,24,25)/p-1/t15-,18-/m0/s1. The zero-order chi connectivity index (χ0) is 18.7. The van der Waals surface area contributed by atoms with E-state index >= 15 is 0 Å².